The molecule has 0 aliphatic rings. The average Bonchev–Trinajstić information content (AvgIpc) is 1.98. The Balaban J connectivity index is 5.30. The maximum absolute atomic E-state index is 11.9. The molecule has 0 fully saturated rings. The third-order valence-corrected chi connectivity index (χ3v) is 1.41. The Bertz CT molecular complexity index is 223. The SMILES string of the molecule is [O]C(C(F)(F)C(F)(F)F)C(F)(F)C(F)(F)F. The molecule has 0 rings (SSSR count). The second-order valence-corrected chi connectivity index (χ2v) is 2.62. The van der Waals surface area contributed by atoms with Crippen LogP contribution in [-0.4, -0.2) is 30.3 Å². The standard InChI is InChI=1S/C5HF10O/c6-2(7,4(10,11)12)1(16)3(8,9)5(13,14)15/h1H. The first-order valence-corrected chi connectivity index (χ1v) is 3.20. The molecule has 97 valence electrons. The Morgan fingerprint density at radius 1 is 0.562 bits per heavy atom. The number of hydrogen-bond acceptors (Lipinski definition) is 0. The van der Waals surface area contributed by atoms with Crippen LogP contribution >= 0.6 is 0 Å². The van der Waals surface area contributed by atoms with Crippen LogP contribution in [0.4, 0.5) is 43.9 Å². The predicted octanol–water partition coefficient (Wildman–Crippen LogP) is 3.18. The predicted molar refractivity (Wildman–Crippen MR) is 26.5 cm³/mol. The average molecular weight is 267 g/mol. The first kappa shape index (κ1) is 15.3. The van der Waals surface area contributed by atoms with Crippen LogP contribution in [0.5, 0.6) is 0 Å². The Morgan fingerprint density at radius 3 is 0.875 bits per heavy atom. The summed E-state index contributed by atoms with van der Waals surface area (Å²) >= 11 is 0. The van der Waals surface area contributed by atoms with Crippen LogP contribution in [-0.2, 0) is 5.11 Å². The fraction of sp³-hybridized carbons (Fsp3) is 1.00. The van der Waals surface area contributed by atoms with Crippen LogP contribution in [0.3, 0.4) is 0 Å². The molecule has 1 nitrogen and oxygen atoms in total. The monoisotopic (exact) mass is 267 g/mol. The van der Waals surface area contributed by atoms with Gasteiger partial charge in [-0.3, -0.25) is 0 Å². The highest BCUT2D eigenvalue weighted by molar-refractivity contribution is 4.96. The van der Waals surface area contributed by atoms with E-state index in [9.17, 15) is 49.0 Å². The van der Waals surface area contributed by atoms with E-state index in [0.29, 0.717) is 0 Å². The van der Waals surface area contributed by atoms with Gasteiger partial charge >= 0.3 is 24.2 Å². The maximum atomic E-state index is 11.9. The van der Waals surface area contributed by atoms with Crippen molar-refractivity contribution in [3.63, 3.8) is 0 Å². The third kappa shape index (κ3) is 2.33. The van der Waals surface area contributed by atoms with Gasteiger partial charge in [0, 0.05) is 0 Å². The van der Waals surface area contributed by atoms with E-state index in [1.807, 2.05) is 0 Å². The normalized spacial score (nSPS) is 15.8. The van der Waals surface area contributed by atoms with Crippen molar-refractivity contribution in [2.45, 2.75) is 30.3 Å². The van der Waals surface area contributed by atoms with E-state index < -0.39 is 30.3 Å². The van der Waals surface area contributed by atoms with E-state index in [2.05, 4.69) is 0 Å². The molecule has 0 heterocycles. The molecule has 0 bridgehead atoms. The molecule has 0 amide bonds. The number of alkyl halides is 10. The van der Waals surface area contributed by atoms with Crippen LogP contribution in [0.2, 0.25) is 0 Å². The molecule has 0 atom stereocenters. The number of hydrogen-bond donors (Lipinski definition) is 0. The van der Waals surface area contributed by atoms with Gasteiger partial charge in [0.2, 0.25) is 6.10 Å². The van der Waals surface area contributed by atoms with Gasteiger partial charge in [0.1, 0.15) is 0 Å². The zero-order valence-corrected chi connectivity index (χ0v) is 6.77. The van der Waals surface area contributed by atoms with Gasteiger partial charge in [-0.05, 0) is 0 Å². The molecule has 1 radical (unpaired) electrons. The highest BCUT2D eigenvalue weighted by Crippen LogP contribution is 2.48. The van der Waals surface area contributed by atoms with Gasteiger partial charge in [0.15, 0.2) is 0 Å². The van der Waals surface area contributed by atoms with E-state index in [1.165, 1.54) is 0 Å². The molecule has 0 aromatic carbocycles. The zero-order valence-electron chi connectivity index (χ0n) is 6.77. The molecule has 0 saturated carbocycles. The summed E-state index contributed by atoms with van der Waals surface area (Å²) in [5.74, 6) is -13.4. The number of halogens is 10. The van der Waals surface area contributed by atoms with Crippen molar-refractivity contribution >= 4 is 0 Å². The fourth-order valence-corrected chi connectivity index (χ4v) is 0.525. The molecule has 0 aliphatic carbocycles. The Kier molecular flexibility index (Phi) is 3.47. The van der Waals surface area contributed by atoms with E-state index >= 15 is 0 Å². The van der Waals surface area contributed by atoms with Gasteiger partial charge in [-0.15, -0.1) is 0 Å². The first-order chi connectivity index (χ1) is 6.65. The van der Waals surface area contributed by atoms with E-state index in [0.717, 1.165) is 0 Å². The van der Waals surface area contributed by atoms with Crippen LogP contribution in [0.25, 0.3) is 0 Å². The largest absolute Gasteiger partial charge is 0.456 e. The van der Waals surface area contributed by atoms with Crippen molar-refractivity contribution in [3.8, 4) is 0 Å². The highest BCUT2D eigenvalue weighted by atomic mass is 19.4. The summed E-state index contributed by atoms with van der Waals surface area (Å²) in [6.45, 7) is 0. The minimum atomic E-state index is -6.78. The maximum Gasteiger partial charge on any atom is 0.456 e. The lowest BCUT2D eigenvalue weighted by Crippen LogP contribution is -2.59. The van der Waals surface area contributed by atoms with Gasteiger partial charge in [0.05, 0.1) is 0 Å². The second-order valence-electron chi connectivity index (χ2n) is 2.62. The quantitative estimate of drug-likeness (QED) is 0.685. The molecular weight excluding hydrogens is 266 g/mol. The van der Waals surface area contributed by atoms with Gasteiger partial charge in [-0.1, -0.05) is 0 Å². The smallest absolute Gasteiger partial charge is 0.219 e. The first-order valence-electron chi connectivity index (χ1n) is 3.20. The van der Waals surface area contributed by atoms with E-state index in [1.54, 1.807) is 0 Å². The lowest BCUT2D eigenvalue weighted by molar-refractivity contribution is -0.393. The summed E-state index contributed by atoms with van der Waals surface area (Å²) in [6.07, 6.45) is -19.1. The summed E-state index contributed by atoms with van der Waals surface area (Å²) in [5, 5.41) is 9.92. The minimum absolute atomic E-state index is 5.49. The van der Waals surface area contributed by atoms with Gasteiger partial charge < -0.3 is 0 Å². The van der Waals surface area contributed by atoms with Crippen molar-refractivity contribution < 1.29 is 49.0 Å². The van der Waals surface area contributed by atoms with Crippen molar-refractivity contribution in [3.05, 3.63) is 0 Å². The second kappa shape index (κ2) is 3.64. The molecule has 0 saturated heterocycles. The summed E-state index contributed by atoms with van der Waals surface area (Å²) in [7, 11) is 0. The molecule has 0 aliphatic heterocycles. The molecule has 16 heavy (non-hydrogen) atoms. The molecule has 0 spiro atoms. The summed E-state index contributed by atoms with van der Waals surface area (Å²) < 4.78 is 116. The summed E-state index contributed by atoms with van der Waals surface area (Å²) in [6, 6.07) is 0. The van der Waals surface area contributed by atoms with Crippen LogP contribution in [0.1, 0.15) is 0 Å². The van der Waals surface area contributed by atoms with Crippen molar-refractivity contribution in [2.24, 2.45) is 0 Å². The van der Waals surface area contributed by atoms with Crippen molar-refractivity contribution in [1.82, 2.24) is 0 Å². The molecular formula is C5HF10O. The van der Waals surface area contributed by atoms with E-state index in [4.69, 9.17) is 0 Å². The summed E-state index contributed by atoms with van der Waals surface area (Å²) in [5.41, 5.74) is 0. The molecule has 11 heteroatoms. The van der Waals surface area contributed by atoms with Crippen LogP contribution in [0.15, 0.2) is 0 Å². The minimum Gasteiger partial charge on any atom is -0.219 e. The van der Waals surface area contributed by atoms with E-state index in [-0.39, 0.29) is 0 Å². The highest BCUT2D eigenvalue weighted by Gasteiger charge is 2.76. The van der Waals surface area contributed by atoms with Crippen molar-refractivity contribution in [1.29, 1.82) is 0 Å². The molecule has 0 N–H and O–H groups in total. The molecule has 0 aromatic heterocycles. The van der Waals surface area contributed by atoms with Gasteiger partial charge in [-0.2, -0.15) is 43.9 Å². The lowest BCUT2D eigenvalue weighted by atomic mass is 10.1. The molecule has 0 aromatic rings. The molecule has 0 unspecified atom stereocenters. The zero-order chi connectivity index (χ0) is 13.6. The Morgan fingerprint density at radius 2 is 0.750 bits per heavy atom. The van der Waals surface area contributed by atoms with Crippen LogP contribution < -0.4 is 0 Å². The third-order valence-electron chi connectivity index (χ3n) is 1.41. The van der Waals surface area contributed by atoms with Gasteiger partial charge in [-0.25, -0.2) is 5.11 Å². The van der Waals surface area contributed by atoms with Crippen LogP contribution in [0, 0.1) is 0 Å². The topological polar surface area (TPSA) is 19.9 Å². The fourth-order valence-electron chi connectivity index (χ4n) is 0.525. The number of rotatable bonds is 2. The Hall–Kier alpha value is -0.740. The summed E-state index contributed by atoms with van der Waals surface area (Å²) in [4.78, 5) is 0. The van der Waals surface area contributed by atoms with Crippen molar-refractivity contribution in [2.75, 3.05) is 0 Å². The van der Waals surface area contributed by atoms with Gasteiger partial charge in [0.25, 0.3) is 0 Å². The lowest BCUT2D eigenvalue weighted by Gasteiger charge is -2.29. The Labute approximate surface area is 80.6 Å².